The topological polar surface area (TPSA) is 0 Å². The fraction of sp³-hybridized carbons (Fsp3) is 0.929. The van der Waals surface area contributed by atoms with Crippen molar-refractivity contribution in [1.29, 1.82) is 0 Å². The maximum atomic E-state index is 3.25. The Kier molecular flexibility index (Phi) is 13.2. The molecule has 0 heterocycles. The SMILES string of the molecule is CC(C)[CH2][Al]([CH2]C(C)C)[CH2]C(C)C.[CH2]C. The summed E-state index contributed by atoms with van der Waals surface area (Å²) in [6.07, 6.45) is 0. The van der Waals surface area contributed by atoms with Crippen LogP contribution in [0.3, 0.4) is 0 Å². The van der Waals surface area contributed by atoms with Crippen LogP contribution in [0.4, 0.5) is 0 Å². The molecule has 0 saturated heterocycles. The molecule has 0 fully saturated rings. The lowest BCUT2D eigenvalue weighted by Gasteiger charge is -2.17. The van der Waals surface area contributed by atoms with Crippen LogP contribution in [0.15, 0.2) is 0 Å². The lowest BCUT2D eigenvalue weighted by molar-refractivity contribution is 0.659. The van der Waals surface area contributed by atoms with Crippen LogP contribution in [0.5, 0.6) is 0 Å². The summed E-state index contributed by atoms with van der Waals surface area (Å²) < 4.78 is 0. The van der Waals surface area contributed by atoms with Gasteiger partial charge in [0.25, 0.3) is 14.1 Å². The Labute approximate surface area is 103 Å². The first-order chi connectivity index (χ1) is 6.91. The zero-order valence-corrected chi connectivity index (χ0v) is 13.3. The van der Waals surface area contributed by atoms with E-state index in [1.54, 1.807) is 22.8 Å². The quantitative estimate of drug-likeness (QED) is 0.541. The van der Waals surface area contributed by atoms with Crippen molar-refractivity contribution in [3.63, 3.8) is 0 Å². The van der Waals surface area contributed by atoms with Gasteiger partial charge >= 0.3 is 0 Å². The van der Waals surface area contributed by atoms with Gasteiger partial charge in [-0.05, 0) is 0 Å². The molecule has 0 nitrogen and oxygen atoms in total. The lowest BCUT2D eigenvalue weighted by atomic mass is 10.2. The first kappa shape index (κ1) is 17.9. The van der Waals surface area contributed by atoms with Crippen LogP contribution in [0.25, 0.3) is 0 Å². The van der Waals surface area contributed by atoms with Crippen molar-refractivity contribution >= 4 is 14.1 Å². The van der Waals surface area contributed by atoms with Gasteiger partial charge in [-0.25, -0.2) is 0 Å². The molecule has 0 spiro atoms. The summed E-state index contributed by atoms with van der Waals surface area (Å²) in [4.78, 5) is 0. The van der Waals surface area contributed by atoms with E-state index in [9.17, 15) is 0 Å². The van der Waals surface area contributed by atoms with E-state index in [1.165, 1.54) is 0 Å². The van der Waals surface area contributed by atoms with E-state index in [0.717, 1.165) is 17.8 Å². The highest BCUT2D eigenvalue weighted by Gasteiger charge is 2.20. The van der Waals surface area contributed by atoms with Gasteiger partial charge in [-0.1, -0.05) is 89.0 Å². The Morgan fingerprint density at radius 3 is 1.00 bits per heavy atom. The van der Waals surface area contributed by atoms with Crippen LogP contribution in [-0.4, -0.2) is 14.1 Å². The molecule has 0 aliphatic carbocycles. The summed E-state index contributed by atoms with van der Waals surface area (Å²) in [6, 6.07) is 0. The molecule has 0 rings (SSSR count). The molecule has 1 radical (unpaired) electrons. The Bertz CT molecular complexity index is 92.7. The molecular weight excluding hydrogens is 195 g/mol. The predicted molar refractivity (Wildman–Crippen MR) is 75.7 cm³/mol. The fourth-order valence-corrected chi connectivity index (χ4v) is 6.87. The first-order valence-corrected chi connectivity index (χ1v) is 9.07. The van der Waals surface area contributed by atoms with Crippen molar-refractivity contribution in [1.82, 2.24) is 0 Å². The minimum absolute atomic E-state index is 0.407. The maximum Gasteiger partial charge on any atom is 0.262 e. The van der Waals surface area contributed by atoms with Gasteiger partial charge in [-0.3, -0.25) is 0 Å². The van der Waals surface area contributed by atoms with Crippen molar-refractivity contribution in [2.24, 2.45) is 17.8 Å². The normalized spacial score (nSPS) is 10.6. The third-order valence-electron chi connectivity index (χ3n) is 2.41. The lowest BCUT2D eigenvalue weighted by Crippen LogP contribution is -2.19. The molecule has 0 saturated carbocycles. The van der Waals surface area contributed by atoms with Gasteiger partial charge in [0.15, 0.2) is 0 Å². The molecule has 0 aliphatic rings. The Morgan fingerprint density at radius 1 is 0.667 bits per heavy atom. The van der Waals surface area contributed by atoms with Crippen molar-refractivity contribution < 1.29 is 0 Å². The minimum Gasteiger partial charge on any atom is -0.0915 e. The summed E-state index contributed by atoms with van der Waals surface area (Å²) in [5.74, 6) is 2.78. The first-order valence-electron chi connectivity index (χ1n) is 6.62. The van der Waals surface area contributed by atoms with Crippen LogP contribution in [-0.2, 0) is 0 Å². The molecule has 0 aliphatic heterocycles. The molecule has 0 aromatic rings. The average molecular weight is 227 g/mol. The van der Waals surface area contributed by atoms with E-state index in [2.05, 4.69) is 48.5 Å². The monoisotopic (exact) mass is 227 g/mol. The Morgan fingerprint density at radius 2 is 0.867 bits per heavy atom. The van der Waals surface area contributed by atoms with E-state index >= 15 is 0 Å². The summed E-state index contributed by atoms with van der Waals surface area (Å²) in [5, 5.41) is 4.66. The third-order valence-corrected chi connectivity index (χ3v) is 7.24. The second-order valence-corrected chi connectivity index (χ2v) is 8.90. The van der Waals surface area contributed by atoms with Crippen LogP contribution in [0.2, 0.25) is 15.8 Å². The minimum atomic E-state index is -0.407. The average Bonchev–Trinajstić information content (AvgIpc) is 2.03. The van der Waals surface area contributed by atoms with Crippen molar-refractivity contribution in [3.8, 4) is 0 Å². The highest BCUT2D eigenvalue weighted by molar-refractivity contribution is 6.58. The summed E-state index contributed by atoms with van der Waals surface area (Å²) in [5.41, 5.74) is 0. The van der Waals surface area contributed by atoms with Crippen LogP contribution >= 0.6 is 0 Å². The van der Waals surface area contributed by atoms with Gasteiger partial charge in [0, 0.05) is 0 Å². The van der Waals surface area contributed by atoms with Crippen LogP contribution < -0.4 is 0 Å². The Hall–Kier alpha value is 0.532. The molecule has 0 bridgehead atoms. The van der Waals surface area contributed by atoms with Crippen molar-refractivity contribution in [2.45, 2.75) is 64.3 Å². The highest BCUT2D eigenvalue weighted by Crippen LogP contribution is 2.20. The van der Waals surface area contributed by atoms with Gasteiger partial charge in [-0.2, -0.15) is 0 Å². The molecule has 0 aromatic carbocycles. The molecular formula is C14H32Al. The number of rotatable bonds is 6. The van der Waals surface area contributed by atoms with Gasteiger partial charge in [0.1, 0.15) is 0 Å². The fourth-order valence-electron chi connectivity index (χ4n) is 2.29. The zero-order valence-electron chi connectivity index (χ0n) is 12.1. The van der Waals surface area contributed by atoms with E-state index < -0.39 is 14.1 Å². The summed E-state index contributed by atoms with van der Waals surface area (Å²) in [7, 11) is 0. The van der Waals surface area contributed by atoms with E-state index in [1.807, 2.05) is 0 Å². The van der Waals surface area contributed by atoms with Gasteiger partial charge in [-0.15, -0.1) is 0 Å². The van der Waals surface area contributed by atoms with Gasteiger partial charge in [0.05, 0.1) is 0 Å². The molecule has 0 aromatic heterocycles. The molecule has 15 heavy (non-hydrogen) atoms. The molecule has 0 N–H and O–H groups in total. The maximum absolute atomic E-state index is 3.25. The van der Waals surface area contributed by atoms with Crippen molar-refractivity contribution in [3.05, 3.63) is 6.92 Å². The predicted octanol–water partition coefficient (Wildman–Crippen LogP) is 5.29. The molecule has 1 heteroatoms. The number of hydrogen-bond donors (Lipinski definition) is 0. The summed E-state index contributed by atoms with van der Waals surface area (Å²) in [6.45, 7) is 19.3. The molecule has 0 unspecified atom stereocenters. The van der Waals surface area contributed by atoms with Gasteiger partial charge < -0.3 is 0 Å². The van der Waals surface area contributed by atoms with Crippen LogP contribution in [0, 0.1) is 24.7 Å². The van der Waals surface area contributed by atoms with E-state index in [0.29, 0.717) is 0 Å². The highest BCUT2D eigenvalue weighted by atomic mass is 27.2. The zero-order chi connectivity index (χ0) is 12.4. The smallest absolute Gasteiger partial charge is 0.0915 e. The second-order valence-electron chi connectivity index (χ2n) is 5.75. The molecule has 0 atom stereocenters. The van der Waals surface area contributed by atoms with Gasteiger partial charge in [0.2, 0.25) is 0 Å². The second kappa shape index (κ2) is 11.0. The van der Waals surface area contributed by atoms with Crippen LogP contribution in [0.1, 0.15) is 48.5 Å². The number of hydrogen-bond acceptors (Lipinski definition) is 0. The third kappa shape index (κ3) is 14.5. The summed E-state index contributed by atoms with van der Waals surface area (Å²) >= 11 is -0.407. The van der Waals surface area contributed by atoms with Crippen molar-refractivity contribution in [2.75, 3.05) is 0 Å². The van der Waals surface area contributed by atoms with E-state index in [-0.39, 0.29) is 0 Å². The Balaban J connectivity index is 0. The molecule has 0 amide bonds. The molecule has 91 valence electrons. The standard InChI is InChI=1S/3C4H9.C2H5.Al/c3*1-4(2)3;1-2;/h3*4H,1H2,2-3H3;1H2,2H3;. The largest absolute Gasteiger partial charge is 0.262 e. The van der Waals surface area contributed by atoms with E-state index in [4.69, 9.17) is 0 Å².